The first-order valence-electron chi connectivity index (χ1n) is 12.7. The predicted octanol–water partition coefficient (Wildman–Crippen LogP) is 9.48. The number of nitro benzene ring substituents is 1. The van der Waals surface area contributed by atoms with Gasteiger partial charge in [0.2, 0.25) is 5.75 Å². The second kappa shape index (κ2) is 13.1. The zero-order valence-corrected chi connectivity index (χ0v) is 26.8. The van der Waals surface area contributed by atoms with Crippen LogP contribution >= 0.6 is 43.6 Å². The number of thioether (sulfide) groups is 1. The summed E-state index contributed by atoms with van der Waals surface area (Å²) in [6.07, 6.45) is -3.26. The molecule has 0 saturated carbocycles. The number of alkyl halides is 3. The summed E-state index contributed by atoms with van der Waals surface area (Å²) in [5.41, 5.74) is 0.487. The minimum Gasteiger partial charge on any atom is -0.491 e. The van der Waals surface area contributed by atoms with Crippen LogP contribution in [-0.2, 0) is 11.0 Å². The predicted molar refractivity (Wildman–Crippen MR) is 163 cm³/mol. The number of nitrogens with zero attached hydrogens (tertiary/aromatic N) is 2. The molecular weight excluding hydrogens is 721 g/mol. The van der Waals surface area contributed by atoms with Gasteiger partial charge in [-0.1, -0.05) is 26.0 Å². The van der Waals surface area contributed by atoms with Crippen LogP contribution in [-0.4, -0.2) is 34.1 Å². The van der Waals surface area contributed by atoms with E-state index in [0.717, 1.165) is 33.9 Å². The number of nitro groups is 1. The Kier molecular flexibility index (Phi) is 9.92. The third-order valence-corrected chi connectivity index (χ3v) is 8.34. The van der Waals surface area contributed by atoms with Crippen molar-refractivity contribution in [2.45, 2.75) is 32.9 Å². The van der Waals surface area contributed by atoms with Gasteiger partial charge in [0, 0.05) is 6.07 Å². The molecule has 0 unspecified atom stereocenters. The normalized spacial score (nSPS) is 14.6. The van der Waals surface area contributed by atoms with Gasteiger partial charge in [0.25, 0.3) is 11.1 Å². The average molecular weight is 744 g/mol. The maximum Gasteiger partial charge on any atom is 0.416 e. The molecule has 1 saturated heterocycles. The molecule has 1 aliphatic rings. The number of carbonyl (C=O) groups is 2. The summed E-state index contributed by atoms with van der Waals surface area (Å²) in [6.45, 7) is 6.22. The van der Waals surface area contributed by atoms with Crippen molar-refractivity contribution in [3.8, 4) is 17.2 Å². The molecule has 4 rings (SSSR count). The summed E-state index contributed by atoms with van der Waals surface area (Å²) in [5.74, 6) is 0.108. The highest BCUT2D eigenvalue weighted by molar-refractivity contribution is 9.11. The SMILES string of the molecule is Cc1ccc(C(C)C)c(OCCN2C(=O)S/C(=C\c3cc(Br)c(Oc4ccc(C(F)(F)F)cc4[N+](=O)[O-])c(Br)c3)C2=O)c1. The number of hydrogen-bond donors (Lipinski definition) is 0. The van der Waals surface area contributed by atoms with E-state index in [-0.39, 0.29) is 38.7 Å². The first-order valence-corrected chi connectivity index (χ1v) is 15.1. The number of amides is 2. The highest BCUT2D eigenvalue weighted by Gasteiger charge is 2.35. The van der Waals surface area contributed by atoms with E-state index < -0.39 is 39.2 Å². The number of halogens is 5. The van der Waals surface area contributed by atoms with Crippen molar-refractivity contribution in [3.05, 3.63) is 94.7 Å². The van der Waals surface area contributed by atoms with Crippen molar-refractivity contribution in [1.29, 1.82) is 0 Å². The van der Waals surface area contributed by atoms with E-state index in [1.807, 2.05) is 39.0 Å². The molecule has 1 aliphatic heterocycles. The third kappa shape index (κ3) is 7.60. The van der Waals surface area contributed by atoms with Crippen LogP contribution < -0.4 is 9.47 Å². The number of aryl methyl sites for hydroxylation is 1. The number of carbonyl (C=O) groups excluding carboxylic acids is 2. The van der Waals surface area contributed by atoms with Crippen LogP contribution in [0, 0.1) is 17.0 Å². The van der Waals surface area contributed by atoms with Crippen LogP contribution in [0.4, 0.5) is 23.7 Å². The monoisotopic (exact) mass is 742 g/mol. The van der Waals surface area contributed by atoms with Crippen molar-refractivity contribution in [2.24, 2.45) is 0 Å². The number of ether oxygens (including phenoxy) is 2. The van der Waals surface area contributed by atoms with Crippen molar-refractivity contribution in [3.63, 3.8) is 0 Å². The van der Waals surface area contributed by atoms with E-state index in [4.69, 9.17) is 9.47 Å². The minimum absolute atomic E-state index is 0.0551. The van der Waals surface area contributed by atoms with E-state index in [1.54, 1.807) is 0 Å². The fourth-order valence-corrected chi connectivity index (χ4v) is 6.38. The van der Waals surface area contributed by atoms with Crippen LogP contribution in [0.2, 0.25) is 0 Å². The molecule has 3 aromatic rings. The molecule has 0 spiro atoms. The van der Waals surface area contributed by atoms with Gasteiger partial charge in [-0.3, -0.25) is 24.6 Å². The fraction of sp³-hybridized carbons (Fsp3) is 0.241. The molecule has 226 valence electrons. The number of rotatable bonds is 9. The smallest absolute Gasteiger partial charge is 0.416 e. The number of hydrogen-bond acceptors (Lipinski definition) is 7. The Balaban J connectivity index is 1.49. The maximum absolute atomic E-state index is 13.1. The van der Waals surface area contributed by atoms with Crippen LogP contribution in [0.15, 0.2) is 62.4 Å². The van der Waals surface area contributed by atoms with Crippen molar-refractivity contribution in [1.82, 2.24) is 4.90 Å². The van der Waals surface area contributed by atoms with E-state index >= 15 is 0 Å². The highest BCUT2D eigenvalue weighted by atomic mass is 79.9. The molecule has 0 atom stereocenters. The largest absolute Gasteiger partial charge is 0.491 e. The standard InChI is InChI=1S/C29H23Br2F3N2O6S/c1-15(2)19-6-4-16(3)10-24(19)41-9-8-35-27(37)25(43-28(35)38)13-17-11-20(30)26(21(31)12-17)42-23-7-5-18(29(32,33)34)14-22(23)36(39)40/h4-7,10-15H,8-9H2,1-3H3/b25-13-. The van der Waals surface area contributed by atoms with Crippen molar-refractivity contribution >= 4 is 66.5 Å². The average Bonchev–Trinajstić information content (AvgIpc) is 3.17. The van der Waals surface area contributed by atoms with Crippen molar-refractivity contribution < 1.29 is 37.2 Å². The number of benzene rings is 3. The quantitative estimate of drug-likeness (QED) is 0.122. The lowest BCUT2D eigenvalue weighted by atomic mass is 10.0. The Hall–Kier alpha value is -3.36. The second-order valence-corrected chi connectivity index (χ2v) is 12.4. The zero-order chi connectivity index (χ0) is 31.6. The van der Waals surface area contributed by atoms with Gasteiger partial charge in [-0.25, -0.2) is 0 Å². The molecule has 0 aromatic heterocycles. The minimum atomic E-state index is -4.77. The van der Waals surface area contributed by atoms with Gasteiger partial charge in [-0.15, -0.1) is 0 Å². The van der Waals surface area contributed by atoms with Gasteiger partial charge in [-0.05, 0) is 110 Å². The summed E-state index contributed by atoms with van der Waals surface area (Å²) in [6, 6.07) is 10.9. The second-order valence-electron chi connectivity index (χ2n) is 9.73. The molecule has 8 nitrogen and oxygen atoms in total. The lowest BCUT2D eigenvalue weighted by Gasteiger charge is -2.17. The Labute approximate surface area is 265 Å². The maximum atomic E-state index is 13.1. The third-order valence-electron chi connectivity index (χ3n) is 6.25. The van der Waals surface area contributed by atoms with Crippen LogP contribution in [0.25, 0.3) is 6.08 Å². The lowest BCUT2D eigenvalue weighted by molar-refractivity contribution is -0.385. The van der Waals surface area contributed by atoms with Crippen LogP contribution in [0.5, 0.6) is 17.2 Å². The summed E-state index contributed by atoms with van der Waals surface area (Å²) >= 11 is 7.39. The fourth-order valence-electron chi connectivity index (χ4n) is 4.13. The van der Waals surface area contributed by atoms with E-state index in [2.05, 4.69) is 31.9 Å². The highest BCUT2D eigenvalue weighted by Crippen LogP contribution is 2.43. The first-order chi connectivity index (χ1) is 20.1. The van der Waals surface area contributed by atoms with E-state index in [9.17, 15) is 32.9 Å². The van der Waals surface area contributed by atoms with Gasteiger partial charge in [0.1, 0.15) is 12.4 Å². The van der Waals surface area contributed by atoms with Gasteiger partial charge in [0.15, 0.2) is 5.75 Å². The molecule has 1 fully saturated rings. The van der Waals surface area contributed by atoms with Gasteiger partial charge in [-0.2, -0.15) is 13.2 Å². The Bertz CT molecular complexity index is 1620. The van der Waals surface area contributed by atoms with Crippen LogP contribution in [0.3, 0.4) is 0 Å². The molecule has 0 aliphatic carbocycles. The van der Waals surface area contributed by atoms with E-state index in [1.165, 1.54) is 18.2 Å². The topological polar surface area (TPSA) is 99.0 Å². The summed E-state index contributed by atoms with van der Waals surface area (Å²) < 4.78 is 51.3. The van der Waals surface area contributed by atoms with E-state index in [0.29, 0.717) is 23.4 Å². The van der Waals surface area contributed by atoms with Crippen LogP contribution in [0.1, 0.15) is 42.0 Å². The summed E-state index contributed by atoms with van der Waals surface area (Å²) in [4.78, 5) is 37.4. The van der Waals surface area contributed by atoms with Gasteiger partial charge in [0.05, 0.1) is 30.9 Å². The molecule has 3 aromatic carbocycles. The molecule has 14 heteroatoms. The lowest BCUT2D eigenvalue weighted by Crippen LogP contribution is -2.32. The van der Waals surface area contributed by atoms with Gasteiger partial charge < -0.3 is 9.47 Å². The first kappa shape index (κ1) is 32.6. The Morgan fingerprint density at radius 3 is 2.33 bits per heavy atom. The molecular formula is C29H23Br2F3N2O6S. The summed E-state index contributed by atoms with van der Waals surface area (Å²) in [5, 5.41) is 11.0. The number of imide groups is 1. The molecule has 1 heterocycles. The van der Waals surface area contributed by atoms with Gasteiger partial charge >= 0.3 is 11.9 Å². The Morgan fingerprint density at radius 2 is 1.72 bits per heavy atom. The molecule has 43 heavy (non-hydrogen) atoms. The van der Waals surface area contributed by atoms with Crippen molar-refractivity contribution in [2.75, 3.05) is 13.2 Å². The molecule has 2 amide bonds. The summed E-state index contributed by atoms with van der Waals surface area (Å²) in [7, 11) is 0. The molecule has 0 radical (unpaired) electrons. The zero-order valence-electron chi connectivity index (χ0n) is 22.8. The molecule has 0 N–H and O–H groups in total. The Morgan fingerprint density at radius 1 is 1.05 bits per heavy atom. The molecule has 0 bridgehead atoms.